The fourth-order valence-electron chi connectivity index (χ4n) is 3.65. The summed E-state index contributed by atoms with van der Waals surface area (Å²) in [6, 6.07) is 1.93. The molecule has 4 nitrogen and oxygen atoms in total. The van der Waals surface area contributed by atoms with Gasteiger partial charge >= 0.3 is 0 Å². The maximum atomic E-state index is 12.4. The second-order valence-electron chi connectivity index (χ2n) is 7.32. The molecule has 2 aromatic heterocycles. The van der Waals surface area contributed by atoms with Crippen molar-refractivity contribution in [3.63, 3.8) is 0 Å². The van der Waals surface area contributed by atoms with Crippen LogP contribution < -0.4 is 0 Å². The van der Waals surface area contributed by atoms with E-state index in [4.69, 9.17) is 0 Å². The summed E-state index contributed by atoms with van der Waals surface area (Å²) in [6.45, 7) is 5.07. The third-order valence-electron chi connectivity index (χ3n) is 5.42. The Bertz CT molecular complexity index is 694. The quantitative estimate of drug-likeness (QED) is 0.829. The Morgan fingerprint density at radius 1 is 1.25 bits per heavy atom. The summed E-state index contributed by atoms with van der Waals surface area (Å²) in [5.74, 6) is 2.97. The molecular weight excluding hydrogens is 318 g/mol. The van der Waals surface area contributed by atoms with Crippen LogP contribution in [0.2, 0.25) is 0 Å². The monoisotopic (exact) mass is 343 g/mol. The van der Waals surface area contributed by atoms with Gasteiger partial charge in [0.05, 0.1) is 5.56 Å². The van der Waals surface area contributed by atoms with Crippen molar-refractivity contribution in [3.05, 3.63) is 40.1 Å². The van der Waals surface area contributed by atoms with Crippen molar-refractivity contribution >= 4 is 17.2 Å². The maximum Gasteiger partial charge on any atom is 0.254 e. The van der Waals surface area contributed by atoms with E-state index in [0.29, 0.717) is 5.92 Å². The number of amides is 1. The van der Waals surface area contributed by atoms with E-state index in [0.717, 1.165) is 50.4 Å². The first-order valence-electron chi connectivity index (χ1n) is 9.03. The Balaban J connectivity index is 1.34. The molecule has 5 heteroatoms. The Hall–Kier alpha value is -1.62. The van der Waals surface area contributed by atoms with E-state index in [1.165, 1.54) is 24.4 Å². The fourth-order valence-corrected chi connectivity index (χ4v) is 4.28. The van der Waals surface area contributed by atoms with Crippen LogP contribution in [-0.2, 0) is 13.0 Å². The third kappa shape index (κ3) is 3.41. The zero-order valence-electron chi connectivity index (χ0n) is 14.3. The van der Waals surface area contributed by atoms with Gasteiger partial charge in [0.2, 0.25) is 0 Å². The van der Waals surface area contributed by atoms with E-state index in [9.17, 15) is 4.79 Å². The summed E-state index contributed by atoms with van der Waals surface area (Å²) in [4.78, 5) is 19.1. The van der Waals surface area contributed by atoms with Crippen molar-refractivity contribution < 1.29 is 4.79 Å². The molecule has 1 aliphatic heterocycles. The van der Waals surface area contributed by atoms with Gasteiger partial charge in [-0.25, -0.2) is 4.98 Å². The molecule has 0 aromatic carbocycles. The van der Waals surface area contributed by atoms with Gasteiger partial charge in [0.25, 0.3) is 5.91 Å². The molecule has 2 fully saturated rings. The number of rotatable bonds is 5. The zero-order valence-corrected chi connectivity index (χ0v) is 15.1. The highest BCUT2D eigenvalue weighted by molar-refractivity contribution is 7.08. The van der Waals surface area contributed by atoms with Crippen LogP contribution >= 0.6 is 11.3 Å². The number of hydrogen-bond donors (Lipinski definition) is 0. The first-order chi connectivity index (χ1) is 11.7. The summed E-state index contributed by atoms with van der Waals surface area (Å²) in [7, 11) is 0. The van der Waals surface area contributed by atoms with Crippen LogP contribution in [0.3, 0.4) is 0 Å². The summed E-state index contributed by atoms with van der Waals surface area (Å²) < 4.78 is 2.43. The van der Waals surface area contributed by atoms with Gasteiger partial charge in [0.15, 0.2) is 0 Å². The van der Waals surface area contributed by atoms with Gasteiger partial charge in [-0.3, -0.25) is 4.79 Å². The molecule has 24 heavy (non-hydrogen) atoms. The van der Waals surface area contributed by atoms with Crippen molar-refractivity contribution in [1.29, 1.82) is 0 Å². The Morgan fingerprint density at radius 3 is 2.71 bits per heavy atom. The molecule has 0 bridgehead atoms. The van der Waals surface area contributed by atoms with Gasteiger partial charge in [-0.05, 0) is 55.9 Å². The van der Waals surface area contributed by atoms with Crippen molar-refractivity contribution in [1.82, 2.24) is 14.5 Å². The minimum atomic E-state index is 0.195. The molecule has 1 aliphatic carbocycles. The predicted molar refractivity (Wildman–Crippen MR) is 96.3 cm³/mol. The van der Waals surface area contributed by atoms with E-state index in [1.54, 1.807) is 11.3 Å². The molecule has 0 N–H and O–H groups in total. The topological polar surface area (TPSA) is 38.1 Å². The number of hydrogen-bond acceptors (Lipinski definition) is 3. The minimum absolute atomic E-state index is 0.195. The molecule has 1 amide bonds. The van der Waals surface area contributed by atoms with Crippen LogP contribution in [0.25, 0.3) is 0 Å². The lowest BCUT2D eigenvalue weighted by Crippen LogP contribution is -2.38. The van der Waals surface area contributed by atoms with E-state index in [1.807, 2.05) is 27.9 Å². The second kappa shape index (κ2) is 6.71. The van der Waals surface area contributed by atoms with Crippen LogP contribution in [0, 0.1) is 18.8 Å². The first-order valence-corrected chi connectivity index (χ1v) is 9.97. The molecule has 2 aliphatic rings. The van der Waals surface area contributed by atoms with Gasteiger partial charge in [-0.1, -0.05) is 0 Å². The molecule has 0 radical (unpaired) electrons. The number of aryl methyl sites for hydroxylation is 1. The van der Waals surface area contributed by atoms with Crippen LogP contribution in [0.5, 0.6) is 0 Å². The first kappa shape index (κ1) is 15.9. The molecule has 1 saturated carbocycles. The number of piperidine rings is 1. The van der Waals surface area contributed by atoms with Gasteiger partial charge in [0, 0.05) is 43.3 Å². The highest BCUT2D eigenvalue weighted by Crippen LogP contribution is 2.32. The van der Waals surface area contributed by atoms with Gasteiger partial charge in [-0.15, -0.1) is 0 Å². The lowest BCUT2D eigenvalue weighted by atomic mass is 9.93. The molecule has 3 heterocycles. The number of carbonyl (C=O) groups excluding carboxylic acids is 1. The Morgan fingerprint density at radius 2 is 2.04 bits per heavy atom. The van der Waals surface area contributed by atoms with Crippen LogP contribution in [-0.4, -0.2) is 33.4 Å². The smallest absolute Gasteiger partial charge is 0.254 e. The molecule has 0 atom stereocenters. The number of likely N-dealkylation sites (tertiary alicyclic amines) is 1. The molecule has 2 aromatic rings. The third-order valence-corrected chi connectivity index (χ3v) is 6.10. The average molecular weight is 343 g/mol. The average Bonchev–Trinajstić information content (AvgIpc) is 3.12. The SMILES string of the molecule is Cc1cnc(CC2CCN(C(=O)c3ccsc3)CC2)n1CC1CC1. The predicted octanol–water partition coefficient (Wildman–Crippen LogP) is 3.76. The summed E-state index contributed by atoms with van der Waals surface area (Å²) >= 11 is 1.59. The number of imidazole rings is 1. The zero-order chi connectivity index (χ0) is 16.5. The largest absolute Gasteiger partial charge is 0.339 e. The highest BCUT2D eigenvalue weighted by Gasteiger charge is 2.27. The Labute approximate surface area is 147 Å². The summed E-state index contributed by atoms with van der Waals surface area (Å²) in [5, 5.41) is 3.92. The van der Waals surface area contributed by atoms with Crippen LogP contribution in [0.4, 0.5) is 0 Å². The van der Waals surface area contributed by atoms with Crippen LogP contribution in [0.15, 0.2) is 23.0 Å². The molecule has 0 unspecified atom stereocenters. The number of thiophene rings is 1. The van der Waals surface area contributed by atoms with Gasteiger partial charge in [0.1, 0.15) is 5.82 Å². The maximum absolute atomic E-state index is 12.4. The second-order valence-corrected chi connectivity index (χ2v) is 8.10. The van der Waals surface area contributed by atoms with Crippen molar-refractivity contribution in [3.8, 4) is 0 Å². The van der Waals surface area contributed by atoms with E-state index in [-0.39, 0.29) is 5.91 Å². The number of carbonyl (C=O) groups is 1. The fraction of sp³-hybridized carbons (Fsp3) is 0.579. The van der Waals surface area contributed by atoms with Gasteiger partial charge in [-0.2, -0.15) is 11.3 Å². The van der Waals surface area contributed by atoms with E-state index < -0.39 is 0 Å². The number of nitrogens with zero attached hydrogens (tertiary/aromatic N) is 3. The molecule has 4 rings (SSSR count). The lowest BCUT2D eigenvalue weighted by molar-refractivity contribution is 0.0690. The molecule has 128 valence electrons. The summed E-state index contributed by atoms with van der Waals surface area (Å²) in [6.07, 6.45) is 8.00. The van der Waals surface area contributed by atoms with Gasteiger partial charge < -0.3 is 9.47 Å². The number of aromatic nitrogens is 2. The van der Waals surface area contributed by atoms with E-state index in [2.05, 4.69) is 16.5 Å². The van der Waals surface area contributed by atoms with E-state index >= 15 is 0 Å². The highest BCUT2D eigenvalue weighted by atomic mass is 32.1. The van der Waals surface area contributed by atoms with Crippen molar-refractivity contribution in [2.75, 3.05) is 13.1 Å². The van der Waals surface area contributed by atoms with Crippen molar-refractivity contribution in [2.45, 2.75) is 45.6 Å². The molecule has 0 spiro atoms. The normalized spacial score (nSPS) is 19.0. The Kier molecular flexibility index (Phi) is 4.44. The summed E-state index contributed by atoms with van der Waals surface area (Å²) in [5.41, 5.74) is 2.14. The minimum Gasteiger partial charge on any atom is -0.339 e. The van der Waals surface area contributed by atoms with Crippen LogP contribution in [0.1, 0.15) is 47.6 Å². The van der Waals surface area contributed by atoms with Crippen molar-refractivity contribution in [2.24, 2.45) is 11.8 Å². The molecular formula is C19H25N3OS. The standard InChI is InChI=1S/C19H25N3OS/c1-14-11-20-18(22(14)12-16-2-3-16)10-15-4-7-21(8-5-15)19(23)17-6-9-24-13-17/h6,9,11,13,15-16H,2-5,7-8,10,12H2,1H3. The molecule has 1 saturated heterocycles. The lowest BCUT2D eigenvalue weighted by Gasteiger charge is -2.32.